The Morgan fingerprint density at radius 3 is 2.60 bits per heavy atom. The number of aliphatic hydroxyl groups excluding tert-OH is 2. The zero-order valence-corrected chi connectivity index (χ0v) is 37.1. The van der Waals surface area contributed by atoms with E-state index in [-0.39, 0.29) is 55.5 Å². The highest BCUT2D eigenvalue weighted by molar-refractivity contribution is 7.89. The van der Waals surface area contributed by atoms with Gasteiger partial charge >= 0.3 is 0 Å². The molecule has 336 valence electrons. The topological polar surface area (TPSA) is 162 Å². The number of hydrogen-bond donors (Lipinski definition) is 2. The number of aryl methyl sites for hydroxylation is 1. The van der Waals surface area contributed by atoms with Crippen molar-refractivity contribution in [3.05, 3.63) is 114 Å². The van der Waals surface area contributed by atoms with E-state index in [0.717, 1.165) is 61.0 Å². The number of sulfonamides is 1. The fraction of sp³-hybridized carbons (Fsp3) is 0.490. The molecule has 2 aromatic carbocycles. The van der Waals surface area contributed by atoms with Gasteiger partial charge in [-0.2, -0.15) is 4.31 Å². The second-order valence-corrected chi connectivity index (χ2v) is 19.1. The van der Waals surface area contributed by atoms with Gasteiger partial charge < -0.3 is 34.0 Å². The van der Waals surface area contributed by atoms with Crippen LogP contribution < -0.4 is 9.47 Å². The number of nitrogens with zero attached hydrogens (tertiary/aromatic N) is 4. The Bertz CT molecular complexity index is 2400. The van der Waals surface area contributed by atoms with Crippen molar-refractivity contribution in [2.75, 3.05) is 33.5 Å². The number of allylic oxidation sites excluding steroid dienone is 1. The van der Waals surface area contributed by atoms with Crippen LogP contribution in [0.3, 0.4) is 0 Å². The number of aliphatic hydroxyl groups is 2. The molecule has 2 aliphatic carbocycles. The zero-order valence-electron chi connectivity index (χ0n) is 36.3. The van der Waals surface area contributed by atoms with Crippen molar-refractivity contribution in [1.29, 1.82) is 0 Å². The molecule has 2 N–H and O–H groups in total. The van der Waals surface area contributed by atoms with Gasteiger partial charge in [0, 0.05) is 61.9 Å². The second-order valence-electron chi connectivity index (χ2n) is 17.1. The molecule has 8 rings (SSSR count). The van der Waals surface area contributed by atoms with Crippen LogP contribution in [-0.2, 0) is 30.9 Å². The molecule has 2 aliphatic heterocycles. The van der Waals surface area contributed by atoms with E-state index in [4.69, 9.17) is 28.9 Å². The molecule has 0 bridgehead atoms. The molecule has 1 saturated heterocycles. The minimum Gasteiger partial charge on any atom is -0.487 e. The Morgan fingerprint density at radius 2 is 1.83 bits per heavy atom. The molecule has 13 nitrogen and oxygen atoms in total. The van der Waals surface area contributed by atoms with Crippen LogP contribution in [0.15, 0.2) is 107 Å². The van der Waals surface area contributed by atoms with Gasteiger partial charge in [0.25, 0.3) is 0 Å². The van der Waals surface area contributed by atoms with Crippen LogP contribution in [-0.4, -0.2) is 90.2 Å². The average molecular weight is 881 g/mol. The first-order chi connectivity index (χ1) is 30.7. The van der Waals surface area contributed by atoms with Gasteiger partial charge in [-0.1, -0.05) is 54.4 Å². The van der Waals surface area contributed by atoms with E-state index in [2.05, 4.69) is 28.7 Å². The van der Waals surface area contributed by atoms with Crippen LogP contribution in [0.2, 0.25) is 0 Å². The summed E-state index contributed by atoms with van der Waals surface area (Å²) in [6.07, 6.45) is 12.1. The summed E-state index contributed by atoms with van der Waals surface area (Å²) in [5.41, 5.74) is 4.47. The molecule has 63 heavy (non-hydrogen) atoms. The van der Waals surface area contributed by atoms with Gasteiger partial charge in [0.2, 0.25) is 22.1 Å². The Hall–Kier alpha value is -4.70. The molecular formula is C49H60N4O9S. The largest absolute Gasteiger partial charge is 0.487 e. The first-order valence-corrected chi connectivity index (χ1v) is 23.9. The Balaban J connectivity index is 1.32. The number of pyridine rings is 2. The summed E-state index contributed by atoms with van der Waals surface area (Å²) in [6, 6.07) is 19.5. The van der Waals surface area contributed by atoms with Crippen LogP contribution in [0.5, 0.6) is 11.5 Å². The fourth-order valence-corrected chi connectivity index (χ4v) is 11.7. The summed E-state index contributed by atoms with van der Waals surface area (Å²) in [6.45, 7) is 7.04. The molecule has 7 unspecified atom stereocenters. The van der Waals surface area contributed by atoms with Crippen molar-refractivity contribution >= 4 is 26.6 Å². The van der Waals surface area contributed by atoms with Gasteiger partial charge in [0.1, 0.15) is 23.0 Å². The molecule has 4 aliphatic rings. The van der Waals surface area contributed by atoms with Gasteiger partial charge in [-0.15, -0.1) is 6.58 Å². The number of ether oxygens (including phenoxy) is 4. The van der Waals surface area contributed by atoms with E-state index in [9.17, 15) is 10.2 Å². The molecule has 1 saturated carbocycles. The molecule has 2 fully saturated rings. The molecule has 4 heterocycles. The predicted octanol–water partition coefficient (Wildman–Crippen LogP) is 8.00. The van der Waals surface area contributed by atoms with Crippen LogP contribution >= 0.6 is 0 Å². The van der Waals surface area contributed by atoms with E-state index >= 15 is 8.42 Å². The van der Waals surface area contributed by atoms with Crippen molar-refractivity contribution in [3.63, 3.8) is 0 Å². The molecule has 2 aromatic heterocycles. The van der Waals surface area contributed by atoms with Crippen molar-refractivity contribution in [2.45, 2.75) is 107 Å². The quantitative estimate of drug-likeness (QED) is 0.0534. The number of rotatable bonds is 19. The van der Waals surface area contributed by atoms with Crippen LogP contribution in [0, 0.1) is 24.7 Å². The number of hydrogen-bond acceptors (Lipinski definition) is 12. The minimum atomic E-state index is -4.27. The minimum absolute atomic E-state index is 0.00110. The monoisotopic (exact) mass is 880 g/mol. The number of unbranched alkanes of at least 4 members (excludes halogenated alkanes) is 2. The van der Waals surface area contributed by atoms with Gasteiger partial charge in [-0.05, 0) is 105 Å². The number of benzene rings is 2. The third-order valence-corrected chi connectivity index (χ3v) is 15.0. The SMILES string of the molecule is C=CCOC12Oc3ccc(OCc4cccc(C)n4)cc3C3C(CCCCO)C(CCCCO)C=C(C(=NOC4CCCCO4)CC1N(C)S(=O)(=O)c1cccc4cccnc14)C32. The van der Waals surface area contributed by atoms with Crippen molar-refractivity contribution in [3.8, 4) is 11.5 Å². The Labute approximate surface area is 370 Å². The van der Waals surface area contributed by atoms with Crippen molar-refractivity contribution in [2.24, 2.45) is 22.9 Å². The second kappa shape index (κ2) is 20.0. The van der Waals surface area contributed by atoms with Gasteiger partial charge in [0.15, 0.2) is 0 Å². The first kappa shape index (κ1) is 44.9. The lowest BCUT2D eigenvalue weighted by Crippen LogP contribution is -2.69. The standard InChI is InChI=1S/C49H60N4O9S/c1-4-27-60-49-44(53(3)63(56,57)43-20-12-16-34-17-13-24-50-48(34)43)31-41(52-62-45-21-7-10-28-58-45)39-29-35(15-5-8-25-54)38(19-6-9-26-55)46(47(39)49)40-30-37(22-23-42(40)61-49)59-32-36-18-11-14-33(2)51-36/h4,11-14,16-18,20,22-24,29-30,35,38,44-47,54-55H,1,5-10,15,19,21,25-28,31-32H2,2-3H3. The maximum atomic E-state index is 15.2. The average Bonchev–Trinajstić information content (AvgIpc) is 3.30. The van der Waals surface area contributed by atoms with Gasteiger partial charge in [-0.25, -0.2) is 8.42 Å². The molecule has 14 heteroatoms. The summed E-state index contributed by atoms with van der Waals surface area (Å²) in [4.78, 5) is 15.5. The predicted molar refractivity (Wildman–Crippen MR) is 240 cm³/mol. The molecule has 7 atom stereocenters. The van der Waals surface area contributed by atoms with Crippen LogP contribution in [0.1, 0.15) is 87.1 Å². The number of likely N-dealkylation sites (N-methyl/N-ethyl adjacent to an activating group) is 1. The van der Waals surface area contributed by atoms with Gasteiger partial charge in [0.05, 0.1) is 42.1 Å². The number of oxime groups is 1. The highest BCUT2D eigenvalue weighted by atomic mass is 32.2. The van der Waals surface area contributed by atoms with Crippen molar-refractivity contribution < 1.29 is 42.4 Å². The molecule has 0 spiro atoms. The van der Waals surface area contributed by atoms with E-state index in [0.29, 0.717) is 54.0 Å². The summed E-state index contributed by atoms with van der Waals surface area (Å²) < 4.78 is 58.6. The maximum Gasteiger partial charge on any atom is 0.245 e. The normalized spacial score (nSPS) is 26.1. The van der Waals surface area contributed by atoms with Crippen LogP contribution in [0.4, 0.5) is 0 Å². The maximum absolute atomic E-state index is 15.2. The summed E-state index contributed by atoms with van der Waals surface area (Å²) in [5, 5.41) is 25.5. The lowest BCUT2D eigenvalue weighted by molar-refractivity contribution is -0.250. The summed E-state index contributed by atoms with van der Waals surface area (Å²) in [7, 11) is -2.69. The number of aromatic nitrogens is 2. The fourth-order valence-electron chi connectivity index (χ4n) is 10.2. The number of fused-ring (bicyclic) bond motifs is 3. The smallest absolute Gasteiger partial charge is 0.245 e. The van der Waals surface area contributed by atoms with E-state index in [1.807, 2.05) is 49.4 Å². The molecular weight excluding hydrogens is 821 g/mol. The van der Waals surface area contributed by atoms with E-state index < -0.39 is 34.1 Å². The Morgan fingerprint density at radius 1 is 1.02 bits per heavy atom. The van der Waals surface area contributed by atoms with Crippen molar-refractivity contribution in [1.82, 2.24) is 14.3 Å². The zero-order chi connectivity index (χ0) is 44.0. The first-order valence-electron chi connectivity index (χ1n) is 22.4. The number of para-hydroxylation sites is 1. The highest BCUT2D eigenvalue weighted by Crippen LogP contribution is 2.62. The molecule has 0 amide bonds. The van der Waals surface area contributed by atoms with E-state index in [1.165, 1.54) is 4.31 Å². The Kier molecular flexibility index (Phi) is 14.2. The van der Waals surface area contributed by atoms with Gasteiger partial charge in [-0.3, -0.25) is 9.97 Å². The summed E-state index contributed by atoms with van der Waals surface area (Å²) in [5.74, 6) is -1.19. The lowest BCUT2D eigenvalue weighted by atomic mass is 9.55. The lowest BCUT2D eigenvalue weighted by Gasteiger charge is -2.59. The van der Waals surface area contributed by atoms with Crippen LogP contribution in [0.25, 0.3) is 10.9 Å². The third-order valence-electron chi connectivity index (χ3n) is 13.1. The highest BCUT2D eigenvalue weighted by Gasteiger charge is 2.66. The molecule has 4 aromatic rings. The summed E-state index contributed by atoms with van der Waals surface area (Å²) >= 11 is 0. The molecule has 0 radical (unpaired) electrons. The van der Waals surface area contributed by atoms with E-state index in [1.54, 1.807) is 37.5 Å². The third kappa shape index (κ3) is 9.30.